The van der Waals surface area contributed by atoms with Gasteiger partial charge in [0.05, 0.1) is 6.61 Å². The minimum atomic E-state index is -1.05. The van der Waals surface area contributed by atoms with Crippen LogP contribution < -0.4 is 16.4 Å². The molecule has 0 unspecified atom stereocenters. The summed E-state index contributed by atoms with van der Waals surface area (Å²) < 4.78 is 10.5. The number of unbranched alkanes of at least 4 members (excludes halogenated alkanes) is 15. The van der Waals surface area contributed by atoms with Gasteiger partial charge in [-0.15, -0.1) is 0 Å². The van der Waals surface area contributed by atoms with Gasteiger partial charge in [-0.2, -0.15) is 0 Å². The monoisotopic (exact) mass is 597 g/mol. The number of nitrogens with two attached hydrogens (primary N) is 1. The number of nitrogens with one attached hydrogen (secondary N) is 2. The van der Waals surface area contributed by atoms with Gasteiger partial charge >= 0.3 is 12.1 Å². The van der Waals surface area contributed by atoms with Gasteiger partial charge < -0.3 is 25.8 Å². The lowest BCUT2D eigenvalue weighted by atomic mass is 10.0. The number of rotatable bonds is 25. The molecule has 0 rings (SSSR count). The molecular weight excluding hydrogens is 534 g/mol. The number of hydrogen-bond donors (Lipinski definition) is 3. The molecule has 0 aromatic heterocycles. The van der Waals surface area contributed by atoms with Crippen LogP contribution in [-0.4, -0.2) is 48.2 Å². The van der Waals surface area contributed by atoms with Gasteiger partial charge in [-0.1, -0.05) is 117 Å². The highest BCUT2D eigenvalue weighted by atomic mass is 16.6. The van der Waals surface area contributed by atoms with Gasteiger partial charge in [0.2, 0.25) is 11.8 Å². The van der Waals surface area contributed by atoms with E-state index in [4.69, 9.17) is 15.2 Å². The molecule has 2 atom stereocenters. The highest BCUT2D eigenvalue weighted by Gasteiger charge is 2.30. The zero-order valence-corrected chi connectivity index (χ0v) is 27.7. The Morgan fingerprint density at radius 2 is 1.17 bits per heavy atom. The van der Waals surface area contributed by atoms with Crippen LogP contribution in [0.2, 0.25) is 0 Å². The van der Waals surface area contributed by atoms with Crippen LogP contribution in [0.15, 0.2) is 0 Å². The lowest BCUT2D eigenvalue weighted by molar-refractivity contribution is -0.144. The van der Waals surface area contributed by atoms with Crippen molar-refractivity contribution in [1.29, 1.82) is 0 Å². The lowest BCUT2D eigenvalue weighted by Gasteiger charge is -2.26. The van der Waals surface area contributed by atoms with E-state index in [2.05, 4.69) is 17.6 Å². The van der Waals surface area contributed by atoms with Crippen molar-refractivity contribution in [2.45, 2.75) is 175 Å². The molecule has 0 heterocycles. The average Bonchev–Trinajstić information content (AvgIpc) is 2.89. The maximum atomic E-state index is 12.8. The maximum absolute atomic E-state index is 12.8. The summed E-state index contributed by atoms with van der Waals surface area (Å²) in [5.74, 6) is -2.02. The fraction of sp³-hybridized carbons (Fsp3) is 0.879. The molecule has 0 radical (unpaired) electrons. The Kier molecular flexibility index (Phi) is 22.8. The van der Waals surface area contributed by atoms with Crippen LogP contribution in [0.5, 0.6) is 0 Å². The third-order valence-corrected chi connectivity index (χ3v) is 7.18. The van der Waals surface area contributed by atoms with Gasteiger partial charge in [0.1, 0.15) is 17.7 Å². The summed E-state index contributed by atoms with van der Waals surface area (Å²) in [6, 6.07) is -1.98. The van der Waals surface area contributed by atoms with Crippen LogP contribution in [0.1, 0.15) is 157 Å². The molecule has 0 saturated carbocycles. The van der Waals surface area contributed by atoms with Crippen molar-refractivity contribution in [3.05, 3.63) is 0 Å². The van der Waals surface area contributed by atoms with Crippen molar-refractivity contribution >= 4 is 23.9 Å². The molecule has 0 bridgehead atoms. The Labute approximate surface area is 256 Å². The highest BCUT2D eigenvalue weighted by Crippen LogP contribution is 2.14. The first-order valence-corrected chi connectivity index (χ1v) is 16.6. The maximum Gasteiger partial charge on any atom is 0.408 e. The van der Waals surface area contributed by atoms with Gasteiger partial charge in [-0.3, -0.25) is 14.4 Å². The van der Waals surface area contributed by atoms with Crippen molar-refractivity contribution in [3.8, 4) is 0 Å². The summed E-state index contributed by atoms with van der Waals surface area (Å²) in [4.78, 5) is 49.0. The molecule has 246 valence electrons. The van der Waals surface area contributed by atoms with Gasteiger partial charge in [-0.05, 0) is 39.5 Å². The van der Waals surface area contributed by atoms with E-state index in [1.807, 2.05) is 0 Å². The fourth-order valence-corrected chi connectivity index (χ4v) is 4.69. The van der Waals surface area contributed by atoms with Crippen molar-refractivity contribution < 1.29 is 28.7 Å². The molecule has 3 amide bonds. The Bertz CT molecular complexity index is 751. The largest absolute Gasteiger partial charge is 0.466 e. The smallest absolute Gasteiger partial charge is 0.408 e. The number of carbonyl (C=O) groups excluding carboxylic acids is 4. The van der Waals surface area contributed by atoms with Crippen LogP contribution in [-0.2, 0) is 23.9 Å². The average molecular weight is 598 g/mol. The predicted molar refractivity (Wildman–Crippen MR) is 169 cm³/mol. The number of primary amides is 1. The molecular formula is C33H63N3O6. The molecule has 0 fully saturated rings. The summed E-state index contributed by atoms with van der Waals surface area (Å²) in [5, 5.41) is 5.09. The standard InChI is InChI=1S/C33H63N3O6/c1-7-8-9-10-11-12-13-14-15-16-17-18-19-20-21-22-25-41-28(37)24-23-27(30(34)38)35-31(39)29(26(2)3)36-32(40)42-33(4,5)6/h26-27,29H,7-25H2,1-6H3,(H2,34,38)(H,35,39)(H,36,40)/t27-,29+/m1/s1. The number of alkyl carbamates (subject to hydrolysis) is 1. The van der Waals surface area contributed by atoms with Gasteiger partial charge in [0, 0.05) is 6.42 Å². The summed E-state index contributed by atoms with van der Waals surface area (Å²) in [6.07, 6.45) is 19.7. The second-order valence-corrected chi connectivity index (χ2v) is 12.9. The normalized spacial score (nSPS) is 12.9. The van der Waals surface area contributed by atoms with Crippen molar-refractivity contribution in [2.75, 3.05) is 6.61 Å². The Morgan fingerprint density at radius 1 is 0.714 bits per heavy atom. The molecule has 42 heavy (non-hydrogen) atoms. The molecule has 0 saturated heterocycles. The molecule has 0 aromatic rings. The minimum absolute atomic E-state index is 0.0239. The third kappa shape index (κ3) is 23.3. The predicted octanol–water partition coefficient (Wildman–Crippen LogP) is 7.09. The summed E-state index contributed by atoms with van der Waals surface area (Å²) in [6.45, 7) is 11.3. The van der Waals surface area contributed by atoms with Crippen LogP contribution in [0.4, 0.5) is 4.79 Å². The van der Waals surface area contributed by atoms with Gasteiger partial charge in [0.15, 0.2) is 0 Å². The van der Waals surface area contributed by atoms with Crippen LogP contribution in [0.25, 0.3) is 0 Å². The first-order valence-electron chi connectivity index (χ1n) is 16.6. The summed E-state index contributed by atoms with van der Waals surface area (Å²) >= 11 is 0. The molecule has 0 aliphatic heterocycles. The summed E-state index contributed by atoms with van der Waals surface area (Å²) in [5.41, 5.74) is 4.74. The van der Waals surface area contributed by atoms with E-state index in [-0.39, 0.29) is 18.8 Å². The Morgan fingerprint density at radius 3 is 1.57 bits per heavy atom. The zero-order valence-electron chi connectivity index (χ0n) is 27.7. The van der Waals surface area contributed by atoms with Crippen LogP contribution in [0.3, 0.4) is 0 Å². The highest BCUT2D eigenvalue weighted by molar-refractivity contribution is 5.91. The van der Waals surface area contributed by atoms with Crippen molar-refractivity contribution in [3.63, 3.8) is 0 Å². The van der Waals surface area contributed by atoms with E-state index in [0.29, 0.717) is 6.61 Å². The minimum Gasteiger partial charge on any atom is -0.466 e. The number of hydrogen-bond acceptors (Lipinski definition) is 6. The number of carbonyl (C=O) groups is 4. The second-order valence-electron chi connectivity index (χ2n) is 12.9. The first kappa shape index (κ1) is 39.7. The van der Waals surface area contributed by atoms with E-state index in [9.17, 15) is 19.2 Å². The van der Waals surface area contributed by atoms with Crippen molar-refractivity contribution in [2.24, 2.45) is 11.7 Å². The van der Waals surface area contributed by atoms with Gasteiger partial charge in [-0.25, -0.2) is 4.79 Å². The van der Waals surface area contributed by atoms with Crippen LogP contribution in [0, 0.1) is 5.92 Å². The van der Waals surface area contributed by atoms with Gasteiger partial charge in [0.25, 0.3) is 0 Å². The molecule has 0 aliphatic rings. The zero-order chi connectivity index (χ0) is 31.8. The topological polar surface area (TPSA) is 137 Å². The van der Waals surface area contributed by atoms with Crippen molar-refractivity contribution in [1.82, 2.24) is 10.6 Å². The van der Waals surface area contributed by atoms with E-state index < -0.39 is 41.6 Å². The quantitative estimate of drug-likeness (QED) is 0.0759. The number of amides is 3. The van der Waals surface area contributed by atoms with E-state index >= 15 is 0 Å². The molecule has 0 aliphatic carbocycles. The van der Waals surface area contributed by atoms with Crippen LogP contribution >= 0.6 is 0 Å². The Hall–Kier alpha value is -2.32. The fourth-order valence-electron chi connectivity index (χ4n) is 4.69. The second kappa shape index (κ2) is 24.2. The molecule has 0 aromatic carbocycles. The Balaban J connectivity index is 4.02. The third-order valence-electron chi connectivity index (χ3n) is 7.18. The first-order chi connectivity index (χ1) is 19.9. The molecule has 4 N–H and O–H groups in total. The molecule has 9 nitrogen and oxygen atoms in total. The summed E-state index contributed by atoms with van der Waals surface area (Å²) in [7, 11) is 0. The SMILES string of the molecule is CCCCCCCCCCCCCCCCCCOC(=O)CC[C@@H](NC(=O)[C@@H](NC(=O)OC(C)(C)C)C(C)C)C(N)=O. The number of ether oxygens (including phenoxy) is 2. The molecule has 9 heteroatoms. The van der Waals surface area contributed by atoms with E-state index in [0.717, 1.165) is 19.3 Å². The van der Waals surface area contributed by atoms with E-state index in [1.165, 1.54) is 83.5 Å². The van der Waals surface area contributed by atoms with E-state index in [1.54, 1.807) is 34.6 Å². The number of esters is 1. The lowest BCUT2D eigenvalue weighted by Crippen LogP contribution is -2.55. The molecule has 0 spiro atoms.